The molecule has 0 rings (SSSR count). The minimum Gasteiger partial charge on any atom is -0.274 e. The minimum absolute atomic E-state index is 0.218. The van der Waals surface area contributed by atoms with Crippen LogP contribution in [0.25, 0.3) is 0 Å². The van der Waals surface area contributed by atoms with Crippen molar-refractivity contribution in [3.05, 3.63) is 0 Å². The first-order valence-corrected chi connectivity index (χ1v) is 2.47. The highest BCUT2D eigenvalue weighted by molar-refractivity contribution is 6.64. The molecule has 8 heavy (non-hydrogen) atoms. The van der Waals surface area contributed by atoms with Crippen LogP contribution < -0.4 is 5.43 Å². The Labute approximate surface area is 52.7 Å². The van der Waals surface area contributed by atoms with Gasteiger partial charge in [0.05, 0.1) is 0 Å². The van der Waals surface area contributed by atoms with E-state index in [2.05, 4.69) is 10.5 Å². The first-order chi connectivity index (χ1) is 3.63. The number of hydrogen-bond donors (Lipinski definition) is 1. The SMILES string of the molecule is CC(=O)NN=C(C)Cl. The summed E-state index contributed by atoms with van der Waals surface area (Å²) in [7, 11) is 0. The second-order valence-corrected chi connectivity index (χ2v) is 1.82. The van der Waals surface area contributed by atoms with Gasteiger partial charge in [-0.3, -0.25) is 4.79 Å². The first-order valence-electron chi connectivity index (χ1n) is 2.09. The van der Waals surface area contributed by atoms with E-state index >= 15 is 0 Å². The summed E-state index contributed by atoms with van der Waals surface area (Å²) in [5.41, 5.74) is 2.16. The molecule has 0 fully saturated rings. The molecule has 46 valence electrons. The fourth-order valence-electron chi connectivity index (χ4n) is 0.156. The Morgan fingerprint density at radius 2 is 2.12 bits per heavy atom. The highest BCUT2D eigenvalue weighted by Gasteiger charge is 1.83. The highest BCUT2D eigenvalue weighted by atomic mass is 35.5. The van der Waals surface area contributed by atoms with Crippen molar-refractivity contribution in [1.82, 2.24) is 5.43 Å². The summed E-state index contributed by atoms with van der Waals surface area (Å²) in [6.07, 6.45) is 0. The third-order valence-electron chi connectivity index (χ3n) is 0.367. The zero-order chi connectivity index (χ0) is 6.57. The third-order valence-corrected chi connectivity index (χ3v) is 0.452. The van der Waals surface area contributed by atoms with Gasteiger partial charge in [0, 0.05) is 6.92 Å². The average molecular weight is 135 g/mol. The Morgan fingerprint density at radius 1 is 1.62 bits per heavy atom. The molecular formula is C4H7ClN2O. The van der Waals surface area contributed by atoms with Gasteiger partial charge in [0.2, 0.25) is 5.91 Å². The lowest BCUT2D eigenvalue weighted by molar-refractivity contribution is -0.118. The summed E-state index contributed by atoms with van der Waals surface area (Å²) >= 11 is 5.26. The van der Waals surface area contributed by atoms with Crippen LogP contribution in [-0.4, -0.2) is 11.1 Å². The molecule has 0 atom stereocenters. The second-order valence-electron chi connectivity index (χ2n) is 1.28. The van der Waals surface area contributed by atoms with E-state index in [4.69, 9.17) is 11.6 Å². The summed E-state index contributed by atoms with van der Waals surface area (Å²) in [4.78, 5) is 10.1. The van der Waals surface area contributed by atoms with E-state index in [1.807, 2.05) is 0 Å². The van der Waals surface area contributed by atoms with Crippen LogP contribution in [0.15, 0.2) is 5.10 Å². The van der Waals surface area contributed by atoms with Gasteiger partial charge in [0.1, 0.15) is 5.17 Å². The van der Waals surface area contributed by atoms with Crippen LogP contribution in [-0.2, 0) is 4.79 Å². The van der Waals surface area contributed by atoms with Crippen LogP contribution in [0.2, 0.25) is 0 Å². The van der Waals surface area contributed by atoms with Crippen LogP contribution in [0.1, 0.15) is 13.8 Å². The lowest BCUT2D eigenvalue weighted by Gasteiger charge is -1.88. The van der Waals surface area contributed by atoms with Crippen LogP contribution in [0.4, 0.5) is 0 Å². The van der Waals surface area contributed by atoms with Crippen molar-refractivity contribution in [2.75, 3.05) is 0 Å². The van der Waals surface area contributed by atoms with Gasteiger partial charge in [-0.05, 0) is 6.92 Å². The van der Waals surface area contributed by atoms with Gasteiger partial charge in [0.25, 0.3) is 0 Å². The standard InChI is InChI=1S/C4H7ClN2O/c1-3(5)6-7-4(2)8/h1-2H3,(H,7,8). The van der Waals surface area contributed by atoms with Crippen molar-refractivity contribution < 1.29 is 4.79 Å². The molecule has 0 bridgehead atoms. The molecule has 0 aromatic rings. The molecule has 0 unspecified atom stereocenters. The fourth-order valence-corrected chi connectivity index (χ4v) is 0.198. The van der Waals surface area contributed by atoms with Gasteiger partial charge < -0.3 is 0 Å². The maximum atomic E-state index is 10.1. The zero-order valence-corrected chi connectivity index (χ0v) is 5.49. The Kier molecular flexibility index (Phi) is 3.19. The van der Waals surface area contributed by atoms with E-state index in [1.54, 1.807) is 6.92 Å². The Balaban J connectivity index is 3.45. The van der Waals surface area contributed by atoms with Crippen molar-refractivity contribution in [2.24, 2.45) is 5.10 Å². The molecule has 0 aliphatic heterocycles. The normalized spacial score (nSPS) is 11.1. The quantitative estimate of drug-likeness (QED) is 0.416. The zero-order valence-electron chi connectivity index (χ0n) is 4.73. The number of carbonyl (C=O) groups is 1. The summed E-state index contributed by atoms with van der Waals surface area (Å²) in [5.74, 6) is -0.218. The molecule has 0 aliphatic carbocycles. The largest absolute Gasteiger partial charge is 0.274 e. The third kappa shape index (κ3) is 5.43. The number of carbonyl (C=O) groups excluding carboxylic acids is 1. The lowest BCUT2D eigenvalue weighted by atomic mass is 10.8. The van der Waals surface area contributed by atoms with Crippen molar-refractivity contribution in [1.29, 1.82) is 0 Å². The van der Waals surface area contributed by atoms with E-state index in [0.29, 0.717) is 5.17 Å². The number of amides is 1. The van der Waals surface area contributed by atoms with E-state index in [1.165, 1.54) is 6.92 Å². The smallest absolute Gasteiger partial charge is 0.236 e. The Morgan fingerprint density at radius 3 is 2.25 bits per heavy atom. The molecule has 0 aromatic heterocycles. The minimum atomic E-state index is -0.218. The summed E-state index contributed by atoms with van der Waals surface area (Å²) < 4.78 is 0. The van der Waals surface area contributed by atoms with Crippen LogP contribution >= 0.6 is 11.6 Å². The molecule has 3 nitrogen and oxygen atoms in total. The van der Waals surface area contributed by atoms with E-state index in [0.717, 1.165) is 0 Å². The molecule has 4 heteroatoms. The van der Waals surface area contributed by atoms with Gasteiger partial charge in [-0.2, -0.15) is 5.10 Å². The number of rotatable bonds is 1. The van der Waals surface area contributed by atoms with Gasteiger partial charge in [-0.15, -0.1) is 0 Å². The Hall–Kier alpha value is -0.570. The molecule has 0 aliphatic rings. The molecule has 1 amide bonds. The summed E-state index contributed by atoms with van der Waals surface area (Å²) in [6.45, 7) is 2.95. The van der Waals surface area contributed by atoms with Gasteiger partial charge >= 0.3 is 0 Å². The van der Waals surface area contributed by atoms with Crippen LogP contribution in [0.5, 0.6) is 0 Å². The number of hydrogen-bond acceptors (Lipinski definition) is 2. The Bertz CT molecular complexity index is 117. The van der Waals surface area contributed by atoms with Crippen molar-refractivity contribution in [3.8, 4) is 0 Å². The molecule has 0 radical (unpaired) electrons. The molecule has 0 heterocycles. The topological polar surface area (TPSA) is 41.5 Å². The summed E-state index contributed by atoms with van der Waals surface area (Å²) in [5, 5.41) is 3.73. The summed E-state index contributed by atoms with van der Waals surface area (Å²) in [6, 6.07) is 0. The van der Waals surface area contributed by atoms with Crippen molar-refractivity contribution in [3.63, 3.8) is 0 Å². The second kappa shape index (κ2) is 3.43. The van der Waals surface area contributed by atoms with Crippen molar-refractivity contribution >= 4 is 22.7 Å². The maximum Gasteiger partial charge on any atom is 0.236 e. The molecule has 0 spiro atoms. The number of nitrogens with one attached hydrogen (secondary N) is 1. The molecule has 0 aromatic carbocycles. The molecule has 0 saturated heterocycles. The molecule has 1 N–H and O–H groups in total. The van der Waals surface area contributed by atoms with Gasteiger partial charge in [0.15, 0.2) is 0 Å². The van der Waals surface area contributed by atoms with E-state index < -0.39 is 0 Å². The predicted octanol–water partition coefficient (Wildman–Crippen LogP) is 0.695. The van der Waals surface area contributed by atoms with Crippen LogP contribution in [0.3, 0.4) is 0 Å². The average Bonchev–Trinajstić information content (AvgIpc) is 1.61. The molecular weight excluding hydrogens is 128 g/mol. The van der Waals surface area contributed by atoms with Crippen LogP contribution in [0, 0.1) is 0 Å². The number of nitrogens with zero attached hydrogens (tertiary/aromatic N) is 1. The van der Waals surface area contributed by atoms with E-state index in [9.17, 15) is 4.79 Å². The fraction of sp³-hybridized carbons (Fsp3) is 0.500. The van der Waals surface area contributed by atoms with Gasteiger partial charge in [-0.25, -0.2) is 5.43 Å². The lowest BCUT2D eigenvalue weighted by Crippen LogP contribution is -2.12. The number of halogens is 1. The monoisotopic (exact) mass is 134 g/mol. The van der Waals surface area contributed by atoms with Gasteiger partial charge in [-0.1, -0.05) is 11.6 Å². The van der Waals surface area contributed by atoms with E-state index in [-0.39, 0.29) is 5.91 Å². The molecule has 0 saturated carbocycles. The highest BCUT2D eigenvalue weighted by Crippen LogP contribution is 1.78. The van der Waals surface area contributed by atoms with Crippen molar-refractivity contribution in [2.45, 2.75) is 13.8 Å². The maximum absolute atomic E-state index is 10.1. The first kappa shape index (κ1) is 7.43. The number of hydrazone groups is 1. The predicted molar refractivity (Wildman–Crippen MR) is 32.8 cm³/mol.